The zero-order chi connectivity index (χ0) is 33.1. The smallest absolute Gasteiger partial charge is 0.317 e. The summed E-state index contributed by atoms with van der Waals surface area (Å²) in [5.41, 5.74) is 6.93. The Hall–Kier alpha value is -4.42. The summed E-state index contributed by atoms with van der Waals surface area (Å²) in [5.74, 6) is 1.01. The molecular weight excluding hydrogens is 594 g/mol. The normalized spacial score (nSPS) is 21.2. The second-order valence-electron chi connectivity index (χ2n) is 13.6. The fourth-order valence-corrected chi connectivity index (χ4v) is 8.39. The van der Waals surface area contributed by atoms with Gasteiger partial charge in [-0.05, 0) is 91.6 Å². The first-order valence-corrected chi connectivity index (χ1v) is 17.8. The Labute approximate surface area is 285 Å². The van der Waals surface area contributed by atoms with Gasteiger partial charge in [0.15, 0.2) is 0 Å². The fraction of sp³-hybridized carbons (Fsp3) is 0.381. The number of carbonyl (C=O) groups excluding carboxylic acids is 1. The molecule has 0 spiro atoms. The Balaban J connectivity index is 0.00000129. The van der Waals surface area contributed by atoms with E-state index in [1.165, 1.54) is 55.3 Å². The van der Waals surface area contributed by atoms with Crippen LogP contribution in [-0.4, -0.2) is 46.5 Å². The van der Waals surface area contributed by atoms with Crippen molar-refractivity contribution < 1.29 is 14.7 Å². The molecule has 250 valence electrons. The van der Waals surface area contributed by atoms with Crippen LogP contribution in [0.1, 0.15) is 97.2 Å². The maximum atomic E-state index is 13.9. The first-order chi connectivity index (χ1) is 23.6. The summed E-state index contributed by atoms with van der Waals surface area (Å²) in [6.45, 7) is 2.28. The quantitative estimate of drug-likeness (QED) is 0.160. The van der Waals surface area contributed by atoms with Gasteiger partial charge < -0.3 is 15.3 Å². The predicted molar refractivity (Wildman–Crippen MR) is 192 cm³/mol. The fourth-order valence-electron chi connectivity index (χ4n) is 8.39. The van der Waals surface area contributed by atoms with Crippen LogP contribution < -0.4 is 5.32 Å². The van der Waals surface area contributed by atoms with Gasteiger partial charge in [0.05, 0.1) is 0 Å². The lowest BCUT2D eigenvalue weighted by Crippen LogP contribution is -2.46. The van der Waals surface area contributed by atoms with Gasteiger partial charge >= 0.3 is 6.03 Å². The van der Waals surface area contributed by atoms with E-state index in [2.05, 4.69) is 119 Å². The summed E-state index contributed by atoms with van der Waals surface area (Å²) in [6, 6.07) is 42.6. The Morgan fingerprint density at radius 1 is 0.750 bits per heavy atom. The molecule has 48 heavy (non-hydrogen) atoms. The first kappa shape index (κ1) is 33.5. The second kappa shape index (κ2) is 16.6. The number of hydrogen-bond acceptors (Lipinski definition) is 3. The standard InChI is InChI=1S/C41H47N3O.CH2O2/c45-41(42-35-22-20-31(21-23-35)26-29-44-39-24-25-40(44)38-19-11-10-18-37(38)39)43(30-32-12-4-1-5-13-32)28-27-36(33-14-6-2-7-15-33)34-16-8-3-9-17-34;2-1-3/h1-19,31,35-36,39-40H,20-30H2,(H,42,45);1H,(H,2,3). The van der Waals surface area contributed by atoms with Crippen molar-refractivity contribution in [1.82, 2.24) is 15.1 Å². The third-order valence-electron chi connectivity index (χ3n) is 10.8. The molecule has 2 bridgehead atoms. The van der Waals surface area contributed by atoms with Gasteiger partial charge in [-0.3, -0.25) is 9.69 Å². The van der Waals surface area contributed by atoms with E-state index < -0.39 is 0 Å². The summed E-state index contributed by atoms with van der Waals surface area (Å²) in [6.07, 6.45) is 9.38. The molecule has 4 aromatic rings. The van der Waals surface area contributed by atoms with E-state index in [-0.39, 0.29) is 24.5 Å². The molecule has 2 N–H and O–H groups in total. The van der Waals surface area contributed by atoms with Gasteiger partial charge in [-0.1, -0.05) is 115 Å². The van der Waals surface area contributed by atoms with Crippen molar-refractivity contribution in [3.8, 4) is 0 Å². The van der Waals surface area contributed by atoms with Crippen LogP contribution in [0.2, 0.25) is 0 Å². The molecule has 0 aromatic heterocycles. The molecular formula is C42H49N3O3. The van der Waals surface area contributed by atoms with E-state index in [4.69, 9.17) is 9.90 Å². The maximum Gasteiger partial charge on any atom is 0.317 e. The summed E-state index contributed by atoms with van der Waals surface area (Å²) in [4.78, 5) is 27.1. The van der Waals surface area contributed by atoms with Gasteiger partial charge in [-0.2, -0.15) is 0 Å². The number of amides is 2. The molecule has 1 aliphatic carbocycles. The molecule has 1 saturated carbocycles. The van der Waals surface area contributed by atoms with Crippen LogP contribution in [0, 0.1) is 5.92 Å². The minimum absolute atomic E-state index is 0.0774. The lowest BCUT2D eigenvalue weighted by Gasteiger charge is -2.33. The van der Waals surface area contributed by atoms with Gasteiger partial charge in [-0.15, -0.1) is 0 Å². The number of benzene rings is 4. The molecule has 2 heterocycles. The van der Waals surface area contributed by atoms with E-state index in [1.807, 2.05) is 11.0 Å². The Kier molecular flexibility index (Phi) is 11.6. The van der Waals surface area contributed by atoms with Crippen LogP contribution in [-0.2, 0) is 11.3 Å². The molecule has 2 amide bonds. The summed E-state index contributed by atoms with van der Waals surface area (Å²) >= 11 is 0. The SMILES string of the molecule is O=C(NC1CCC(CCN2C3CCC2c2ccccc23)CC1)N(CCC(c1ccccc1)c1ccccc1)Cc1ccccc1.O=CO. The number of rotatable bonds is 11. The van der Waals surface area contributed by atoms with E-state index in [0.29, 0.717) is 25.2 Å². The van der Waals surface area contributed by atoms with Crippen LogP contribution in [0.5, 0.6) is 0 Å². The number of urea groups is 1. The molecule has 7 rings (SSSR count). The van der Waals surface area contributed by atoms with Gasteiger partial charge in [0.2, 0.25) is 0 Å². The highest BCUT2D eigenvalue weighted by molar-refractivity contribution is 5.74. The van der Waals surface area contributed by atoms with Crippen LogP contribution in [0.3, 0.4) is 0 Å². The van der Waals surface area contributed by atoms with Gasteiger partial charge in [-0.25, -0.2) is 4.79 Å². The topological polar surface area (TPSA) is 72.9 Å². The predicted octanol–water partition coefficient (Wildman–Crippen LogP) is 8.96. The van der Waals surface area contributed by atoms with Crippen LogP contribution in [0.15, 0.2) is 115 Å². The van der Waals surface area contributed by atoms with Crippen molar-refractivity contribution in [2.45, 2.75) is 82.0 Å². The summed E-state index contributed by atoms with van der Waals surface area (Å²) in [7, 11) is 0. The van der Waals surface area contributed by atoms with E-state index in [1.54, 1.807) is 11.1 Å². The zero-order valence-electron chi connectivity index (χ0n) is 27.9. The van der Waals surface area contributed by atoms with Crippen molar-refractivity contribution in [1.29, 1.82) is 0 Å². The van der Waals surface area contributed by atoms with Crippen molar-refractivity contribution >= 4 is 12.5 Å². The molecule has 6 heteroatoms. The molecule has 6 nitrogen and oxygen atoms in total. The lowest BCUT2D eigenvalue weighted by atomic mass is 9.84. The van der Waals surface area contributed by atoms with Crippen LogP contribution >= 0.6 is 0 Å². The molecule has 0 radical (unpaired) electrons. The molecule has 2 aliphatic heterocycles. The third kappa shape index (κ3) is 8.16. The van der Waals surface area contributed by atoms with E-state index >= 15 is 0 Å². The molecule has 2 fully saturated rings. The second-order valence-corrected chi connectivity index (χ2v) is 13.6. The largest absolute Gasteiger partial charge is 0.483 e. The minimum Gasteiger partial charge on any atom is -0.483 e. The Bertz CT molecular complexity index is 1500. The average Bonchev–Trinajstić information content (AvgIpc) is 3.69. The highest BCUT2D eigenvalue weighted by Gasteiger charge is 2.43. The molecule has 3 aliphatic rings. The molecule has 2 unspecified atom stereocenters. The van der Waals surface area contributed by atoms with E-state index in [0.717, 1.165) is 25.2 Å². The third-order valence-corrected chi connectivity index (χ3v) is 10.8. The maximum absolute atomic E-state index is 13.9. The molecule has 1 saturated heterocycles. The number of nitrogens with one attached hydrogen (secondary N) is 1. The number of fused-ring (bicyclic) bond motifs is 5. The van der Waals surface area contributed by atoms with E-state index in [9.17, 15) is 4.79 Å². The average molecular weight is 644 g/mol. The van der Waals surface area contributed by atoms with Crippen molar-refractivity contribution in [2.75, 3.05) is 13.1 Å². The lowest BCUT2D eigenvalue weighted by molar-refractivity contribution is -0.122. The molecule has 2 atom stereocenters. The first-order valence-electron chi connectivity index (χ1n) is 17.8. The number of carboxylic acid groups (broad SMARTS) is 1. The van der Waals surface area contributed by atoms with Gasteiger partial charge in [0, 0.05) is 37.1 Å². The van der Waals surface area contributed by atoms with Gasteiger partial charge in [0.25, 0.3) is 6.47 Å². The van der Waals surface area contributed by atoms with Crippen LogP contribution in [0.25, 0.3) is 0 Å². The number of carbonyl (C=O) groups is 2. The van der Waals surface area contributed by atoms with Gasteiger partial charge in [0.1, 0.15) is 0 Å². The van der Waals surface area contributed by atoms with Crippen molar-refractivity contribution in [3.63, 3.8) is 0 Å². The Morgan fingerprint density at radius 3 is 1.79 bits per heavy atom. The monoisotopic (exact) mass is 643 g/mol. The number of hydrogen-bond donors (Lipinski definition) is 2. The highest BCUT2D eigenvalue weighted by Crippen LogP contribution is 2.53. The van der Waals surface area contributed by atoms with Crippen molar-refractivity contribution in [3.05, 3.63) is 143 Å². The minimum atomic E-state index is -0.250. The Morgan fingerprint density at radius 2 is 1.25 bits per heavy atom. The van der Waals surface area contributed by atoms with Crippen LogP contribution in [0.4, 0.5) is 4.79 Å². The van der Waals surface area contributed by atoms with Crippen molar-refractivity contribution in [2.24, 2.45) is 5.92 Å². The highest BCUT2D eigenvalue weighted by atomic mass is 16.3. The zero-order valence-corrected chi connectivity index (χ0v) is 27.9. The molecule has 4 aromatic carbocycles. The summed E-state index contributed by atoms with van der Waals surface area (Å²) in [5, 5.41) is 10.4. The number of nitrogens with zero attached hydrogens (tertiary/aromatic N) is 2. The summed E-state index contributed by atoms with van der Waals surface area (Å²) < 4.78 is 0.